The van der Waals surface area contributed by atoms with Crippen molar-refractivity contribution in [1.82, 2.24) is 0 Å². The summed E-state index contributed by atoms with van der Waals surface area (Å²) in [4.78, 5) is 32.2. The van der Waals surface area contributed by atoms with E-state index < -0.39 is 35.8 Å². The largest absolute Gasteiger partial charge is 0.481 e. The van der Waals surface area contributed by atoms with E-state index in [9.17, 15) is 14.4 Å². The summed E-state index contributed by atoms with van der Waals surface area (Å²) in [7, 11) is 0. The van der Waals surface area contributed by atoms with Gasteiger partial charge in [0, 0.05) is 0 Å². The highest BCUT2D eigenvalue weighted by Crippen LogP contribution is 2.19. The van der Waals surface area contributed by atoms with E-state index in [2.05, 4.69) is 0 Å². The lowest BCUT2D eigenvalue weighted by Gasteiger charge is -2.22. The predicted octanol–water partition coefficient (Wildman–Crippen LogP) is -1.85. The van der Waals surface area contributed by atoms with Crippen molar-refractivity contribution in [1.29, 1.82) is 0 Å². The lowest BCUT2D eigenvalue weighted by Crippen LogP contribution is -2.48. The van der Waals surface area contributed by atoms with Gasteiger partial charge in [0.1, 0.15) is 6.04 Å². The Morgan fingerprint density at radius 1 is 1.00 bits per heavy atom. The first-order chi connectivity index (χ1) is 7.32. The molecule has 0 heterocycles. The van der Waals surface area contributed by atoms with Crippen molar-refractivity contribution in [2.24, 2.45) is 23.3 Å². The molecule has 0 radical (unpaired) electrons. The lowest BCUT2D eigenvalue weighted by molar-refractivity contribution is -0.158. The van der Waals surface area contributed by atoms with E-state index in [4.69, 9.17) is 26.8 Å². The molecule has 0 spiro atoms. The summed E-state index contributed by atoms with van der Waals surface area (Å²) in [5.41, 5.74) is 10.3. The first-order valence-electron chi connectivity index (χ1n) is 4.47. The van der Waals surface area contributed by atoms with Crippen molar-refractivity contribution in [2.45, 2.75) is 12.5 Å². The van der Waals surface area contributed by atoms with Crippen LogP contribution in [0.2, 0.25) is 0 Å². The normalized spacial score (nSPS) is 16.1. The molecule has 0 rings (SSSR count). The fraction of sp³-hybridized carbons (Fsp3) is 0.625. The van der Waals surface area contributed by atoms with Crippen LogP contribution in [0, 0.1) is 11.8 Å². The summed E-state index contributed by atoms with van der Waals surface area (Å²) in [5, 5.41) is 26.2. The van der Waals surface area contributed by atoms with Crippen LogP contribution in [0.25, 0.3) is 0 Å². The molecule has 7 N–H and O–H groups in total. The third-order valence-electron chi connectivity index (χ3n) is 2.19. The van der Waals surface area contributed by atoms with E-state index in [0.29, 0.717) is 0 Å². The molecule has 0 fully saturated rings. The van der Waals surface area contributed by atoms with Gasteiger partial charge in [-0.25, -0.2) is 0 Å². The van der Waals surface area contributed by atoms with Crippen molar-refractivity contribution < 1.29 is 29.7 Å². The van der Waals surface area contributed by atoms with E-state index in [1.165, 1.54) is 0 Å². The number of rotatable bonds is 7. The van der Waals surface area contributed by atoms with Gasteiger partial charge < -0.3 is 26.8 Å². The summed E-state index contributed by atoms with van der Waals surface area (Å²) < 4.78 is 0. The molecule has 3 unspecified atom stereocenters. The Morgan fingerprint density at radius 3 is 1.75 bits per heavy atom. The molecule has 3 atom stereocenters. The van der Waals surface area contributed by atoms with Gasteiger partial charge in [-0.05, 0) is 13.0 Å². The molecular formula is C8H14N2O6. The first kappa shape index (κ1) is 14.3. The van der Waals surface area contributed by atoms with Crippen LogP contribution in [0.5, 0.6) is 0 Å². The van der Waals surface area contributed by atoms with Crippen molar-refractivity contribution in [3.05, 3.63) is 0 Å². The quantitative estimate of drug-likeness (QED) is 0.342. The molecule has 8 nitrogen and oxygen atoms in total. The zero-order chi connectivity index (χ0) is 12.9. The van der Waals surface area contributed by atoms with Gasteiger partial charge in [0.2, 0.25) is 0 Å². The van der Waals surface area contributed by atoms with Gasteiger partial charge in [-0.1, -0.05) is 0 Å². The maximum Gasteiger partial charge on any atom is 0.321 e. The van der Waals surface area contributed by atoms with E-state index in [1.54, 1.807) is 0 Å². The molecule has 0 aliphatic carbocycles. The topological polar surface area (TPSA) is 164 Å². The number of hydrogen-bond donors (Lipinski definition) is 5. The Balaban J connectivity index is 5.06. The van der Waals surface area contributed by atoms with Crippen molar-refractivity contribution in [2.75, 3.05) is 6.54 Å². The minimum absolute atomic E-state index is 0.0624. The van der Waals surface area contributed by atoms with Gasteiger partial charge in [0.25, 0.3) is 0 Å². The third-order valence-corrected chi connectivity index (χ3v) is 2.19. The van der Waals surface area contributed by atoms with E-state index in [0.717, 1.165) is 0 Å². The first-order valence-corrected chi connectivity index (χ1v) is 4.47. The van der Waals surface area contributed by atoms with Gasteiger partial charge in [-0.3, -0.25) is 14.4 Å². The van der Waals surface area contributed by atoms with Gasteiger partial charge in [-0.2, -0.15) is 0 Å². The van der Waals surface area contributed by atoms with E-state index >= 15 is 0 Å². The van der Waals surface area contributed by atoms with Crippen LogP contribution in [-0.2, 0) is 14.4 Å². The number of hydrogen-bond acceptors (Lipinski definition) is 5. The predicted molar refractivity (Wildman–Crippen MR) is 51.5 cm³/mol. The van der Waals surface area contributed by atoms with Crippen LogP contribution in [0.1, 0.15) is 6.42 Å². The van der Waals surface area contributed by atoms with Crippen LogP contribution in [0.3, 0.4) is 0 Å². The number of aliphatic carboxylic acids is 3. The molecular weight excluding hydrogens is 220 g/mol. The second-order valence-electron chi connectivity index (χ2n) is 3.25. The van der Waals surface area contributed by atoms with Crippen LogP contribution in [0.15, 0.2) is 0 Å². The summed E-state index contributed by atoms with van der Waals surface area (Å²) >= 11 is 0. The second kappa shape index (κ2) is 6.03. The van der Waals surface area contributed by atoms with Crippen molar-refractivity contribution >= 4 is 17.9 Å². The van der Waals surface area contributed by atoms with Crippen molar-refractivity contribution in [3.8, 4) is 0 Å². The fourth-order valence-corrected chi connectivity index (χ4v) is 1.37. The van der Waals surface area contributed by atoms with Gasteiger partial charge in [-0.15, -0.1) is 0 Å². The number of carboxylic acid groups (broad SMARTS) is 3. The van der Waals surface area contributed by atoms with Crippen LogP contribution in [-0.4, -0.2) is 45.8 Å². The standard InChI is InChI=1S/C8H14N2O6/c9-2-1-3(6(11)12)4(7(13)14)5(10)8(15)16/h3-5H,1-2,9-10H2,(H,11,12)(H,13,14)(H,15,16). The minimum atomic E-state index is -1.77. The Bertz CT molecular complexity index is 292. The second-order valence-corrected chi connectivity index (χ2v) is 3.25. The minimum Gasteiger partial charge on any atom is -0.481 e. The highest BCUT2D eigenvalue weighted by molar-refractivity contribution is 5.87. The lowest BCUT2D eigenvalue weighted by atomic mass is 9.84. The van der Waals surface area contributed by atoms with Gasteiger partial charge >= 0.3 is 17.9 Å². The van der Waals surface area contributed by atoms with Crippen LogP contribution >= 0.6 is 0 Å². The third kappa shape index (κ3) is 3.48. The summed E-state index contributed by atoms with van der Waals surface area (Å²) in [6.45, 7) is -0.0624. The average Bonchev–Trinajstić information content (AvgIpc) is 2.15. The number of carboxylic acids is 3. The highest BCUT2D eigenvalue weighted by Gasteiger charge is 2.40. The molecule has 8 heteroatoms. The molecule has 16 heavy (non-hydrogen) atoms. The van der Waals surface area contributed by atoms with Crippen molar-refractivity contribution in [3.63, 3.8) is 0 Å². The molecule has 0 aromatic carbocycles. The summed E-state index contributed by atoms with van der Waals surface area (Å²) in [6, 6.07) is -1.77. The average molecular weight is 234 g/mol. The molecule has 92 valence electrons. The smallest absolute Gasteiger partial charge is 0.321 e. The molecule has 0 aromatic heterocycles. The van der Waals surface area contributed by atoms with Gasteiger partial charge in [0.05, 0.1) is 11.8 Å². The Labute approximate surface area is 90.8 Å². The van der Waals surface area contributed by atoms with Crippen LogP contribution in [0.4, 0.5) is 0 Å². The molecule has 0 aromatic rings. The number of nitrogens with two attached hydrogens (primary N) is 2. The van der Waals surface area contributed by atoms with Gasteiger partial charge in [0.15, 0.2) is 0 Å². The molecule has 0 saturated heterocycles. The molecule has 0 amide bonds. The zero-order valence-electron chi connectivity index (χ0n) is 8.37. The van der Waals surface area contributed by atoms with E-state index in [1.807, 2.05) is 0 Å². The number of carbonyl (C=O) groups is 3. The summed E-state index contributed by atoms with van der Waals surface area (Å²) in [6.07, 6.45) is -0.146. The Kier molecular flexibility index (Phi) is 5.40. The molecule has 0 bridgehead atoms. The maximum absolute atomic E-state index is 10.8. The molecule has 0 saturated carbocycles. The molecule has 0 aliphatic heterocycles. The molecule has 0 aliphatic rings. The maximum atomic E-state index is 10.8. The fourth-order valence-electron chi connectivity index (χ4n) is 1.37. The zero-order valence-corrected chi connectivity index (χ0v) is 8.37. The summed E-state index contributed by atoms with van der Waals surface area (Å²) in [5.74, 6) is -7.65. The van der Waals surface area contributed by atoms with E-state index in [-0.39, 0.29) is 13.0 Å². The Hall–Kier alpha value is -1.67. The monoisotopic (exact) mass is 234 g/mol. The highest BCUT2D eigenvalue weighted by atomic mass is 16.4. The SMILES string of the molecule is NCCC(C(=O)O)C(C(=O)O)C(N)C(=O)O. The van der Waals surface area contributed by atoms with Crippen LogP contribution < -0.4 is 11.5 Å². The Morgan fingerprint density at radius 2 is 1.50 bits per heavy atom.